The van der Waals surface area contributed by atoms with E-state index in [2.05, 4.69) is 33.8 Å². The number of aliphatic hydroxyl groups excluding tert-OH is 1. The molecular weight excluding hydrogens is 416 g/mol. The third-order valence-electron chi connectivity index (χ3n) is 7.56. The fourth-order valence-electron chi connectivity index (χ4n) is 5.66. The zero-order chi connectivity index (χ0) is 22.8. The summed E-state index contributed by atoms with van der Waals surface area (Å²) in [5.41, 5.74) is 4.63. The summed E-state index contributed by atoms with van der Waals surface area (Å²) in [4.78, 5) is 16.4. The predicted molar refractivity (Wildman–Crippen MR) is 125 cm³/mol. The van der Waals surface area contributed by atoms with E-state index in [1.807, 2.05) is 30.8 Å². The number of aromatic nitrogens is 2. The lowest BCUT2D eigenvalue weighted by atomic mass is 9.81. The van der Waals surface area contributed by atoms with Crippen LogP contribution >= 0.6 is 0 Å². The first-order valence-corrected chi connectivity index (χ1v) is 12.0. The molecule has 3 unspecified atom stereocenters. The van der Waals surface area contributed by atoms with Crippen LogP contribution in [0.2, 0.25) is 0 Å². The smallest absolute Gasteiger partial charge is 0.313 e. The first-order valence-electron chi connectivity index (χ1n) is 12.0. The van der Waals surface area contributed by atoms with E-state index in [-0.39, 0.29) is 36.1 Å². The molecule has 2 aromatic rings. The molecule has 174 valence electrons. The van der Waals surface area contributed by atoms with Crippen molar-refractivity contribution in [1.29, 1.82) is 0 Å². The highest BCUT2D eigenvalue weighted by molar-refractivity contribution is 5.76. The lowest BCUT2D eigenvalue weighted by molar-refractivity contribution is -0.144. The van der Waals surface area contributed by atoms with E-state index in [4.69, 9.17) is 9.47 Å². The molecule has 6 nitrogen and oxygen atoms in total. The number of allylic oxidation sites excluding steroid dienone is 3. The monoisotopic (exact) mass is 448 g/mol. The zero-order valence-corrected chi connectivity index (χ0v) is 19.1. The summed E-state index contributed by atoms with van der Waals surface area (Å²) in [5, 5.41) is 11.1. The number of esters is 1. The van der Waals surface area contributed by atoms with Crippen molar-refractivity contribution >= 4 is 5.97 Å². The number of imidazole rings is 1. The summed E-state index contributed by atoms with van der Waals surface area (Å²) < 4.78 is 13.3. The molecule has 5 rings (SSSR count). The van der Waals surface area contributed by atoms with Gasteiger partial charge < -0.3 is 19.1 Å². The summed E-state index contributed by atoms with van der Waals surface area (Å²) in [6.07, 6.45) is 14.7. The Kier molecular flexibility index (Phi) is 6.47. The fourth-order valence-corrected chi connectivity index (χ4v) is 5.66. The molecule has 1 N–H and O–H groups in total. The van der Waals surface area contributed by atoms with E-state index in [9.17, 15) is 9.90 Å². The van der Waals surface area contributed by atoms with Gasteiger partial charge in [-0.05, 0) is 55.6 Å². The van der Waals surface area contributed by atoms with Crippen LogP contribution in [0.5, 0.6) is 0 Å². The molecule has 6 heteroatoms. The number of methoxy groups -OCH3 is 1. The number of nitrogens with zero attached hydrogens (tertiary/aromatic N) is 2. The van der Waals surface area contributed by atoms with Crippen molar-refractivity contribution in [2.75, 3.05) is 13.7 Å². The standard InChI is InChI=1S/C27H32N2O4/c1-32-27(31)21-7-3-2-6-19(21)16-33-20-12-10-18(11-13-20)26(30)14-24-22-8-4-5-9-23(22)25-15-28-17-29(24)25/h2-6,8-9,15,17-18,20-21,24,26,30H,7,10-14,16H2,1H3. The molecule has 1 saturated carbocycles. The molecular formula is C27H32N2O4. The average Bonchev–Trinajstić information content (AvgIpc) is 3.45. The van der Waals surface area contributed by atoms with E-state index >= 15 is 0 Å². The van der Waals surface area contributed by atoms with Crippen molar-refractivity contribution in [3.63, 3.8) is 0 Å². The SMILES string of the molecule is COC(=O)C1CC=CC=C1COC1CCC(C(O)CC2c3ccccc3-c3cncn32)CC1. The molecule has 3 aliphatic rings. The summed E-state index contributed by atoms with van der Waals surface area (Å²) in [6.45, 7) is 0.463. The number of rotatable bonds is 7. The molecule has 2 heterocycles. The Balaban J connectivity index is 1.14. The predicted octanol–water partition coefficient (Wildman–Crippen LogP) is 4.45. The number of carbonyl (C=O) groups is 1. The Labute approximate surface area is 194 Å². The van der Waals surface area contributed by atoms with Crippen LogP contribution < -0.4 is 0 Å². The second-order valence-corrected chi connectivity index (χ2v) is 9.42. The normalized spacial score (nSPS) is 26.9. The van der Waals surface area contributed by atoms with Gasteiger partial charge in [0.15, 0.2) is 0 Å². The van der Waals surface area contributed by atoms with Gasteiger partial charge in [-0.2, -0.15) is 0 Å². The van der Waals surface area contributed by atoms with Gasteiger partial charge in [-0.25, -0.2) is 4.98 Å². The van der Waals surface area contributed by atoms with E-state index < -0.39 is 0 Å². The van der Waals surface area contributed by atoms with Gasteiger partial charge in [0.2, 0.25) is 0 Å². The van der Waals surface area contributed by atoms with Crippen LogP contribution in [-0.4, -0.2) is 46.6 Å². The molecule has 1 aromatic carbocycles. The van der Waals surface area contributed by atoms with Gasteiger partial charge in [0.1, 0.15) is 0 Å². The molecule has 2 aliphatic carbocycles. The topological polar surface area (TPSA) is 73.6 Å². The second-order valence-electron chi connectivity index (χ2n) is 9.42. The van der Waals surface area contributed by atoms with Gasteiger partial charge in [-0.3, -0.25) is 4.79 Å². The van der Waals surface area contributed by atoms with E-state index in [0.717, 1.165) is 37.0 Å². The minimum Gasteiger partial charge on any atom is -0.469 e. The highest BCUT2D eigenvalue weighted by atomic mass is 16.5. The van der Waals surface area contributed by atoms with Crippen molar-refractivity contribution < 1.29 is 19.4 Å². The molecule has 0 spiro atoms. The van der Waals surface area contributed by atoms with Crippen molar-refractivity contribution in [3.8, 4) is 11.3 Å². The average molecular weight is 449 g/mol. The summed E-state index contributed by atoms with van der Waals surface area (Å²) in [5.74, 6) is -0.152. The minimum atomic E-state index is -0.354. The Morgan fingerprint density at radius 1 is 1.24 bits per heavy atom. The molecule has 3 atom stereocenters. The van der Waals surface area contributed by atoms with Crippen LogP contribution in [0.1, 0.15) is 50.1 Å². The molecule has 0 amide bonds. The van der Waals surface area contributed by atoms with Gasteiger partial charge in [0.05, 0.1) is 56.1 Å². The Hall–Kier alpha value is -2.70. The van der Waals surface area contributed by atoms with Crippen LogP contribution in [0.3, 0.4) is 0 Å². The third kappa shape index (κ3) is 4.42. The second kappa shape index (κ2) is 9.65. The number of fused-ring (bicyclic) bond motifs is 3. The molecule has 0 bridgehead atoms. The van der Waals surface area contributed by atoms with Crippen LogP contribution in [0.4, 0.5) is 0 Å². The lowest BCUT2D eigenvalue weighted by Gasteiger charge is -2.33. The Bertz CT molecular complexity index is 1050. The Morgan fingerprint density at radius 2 is 2.06 bits per heavy atom. The lowest BCUT2D eigenvalue weighted by Crippen LogP contribution is -2.31. The maximum absolute atomic E-state index is 12.0. The van der Waals surface area contributed by atoms with Crippen LogP contribution in [0.15, 0.2) is 60.6 Å². The Morgan fingerprint density at radius 3 is 2.88 bits per heavy atom. The number of hydrogen-bond donors (Lipinski definition) is 1. The molecule has 0 saturated heterocycles. The van der Waals surface area contributed by atoms with Crippen molar-refractivity contribution in [1.82, 2.24) is 9.55 Å². The van der Waals surface area contributed by atoms with Crippen molar-refractivity contribution in [2.24, 2.45) is 11.8 Å². The first kappa shape index (κ1) is 22.1. The molecule has 1 aliphatic heterocycles. The number of hydrogen-bond acceptors (Lipinski definition) is 5. The summed E-state index contributed by atoms with van der Waals surface area (Å²) in [6, 6.07) is 8.58. The largest absolute Gasteiger partial charge is 0.469 e. The van der Waals surface area contributed by atoms with Gasteiger partial charge in [0.25, 0.3) is 0 Å². The van der Waals surface area contributed by atoms with E-state index in [1.54, 1.807) is 0 Å². The van der Waals surface area contributed by atoms with Gasteiger partial charge in [0, 0.05) is 5.56 Å². The quantitative estimate of drug-likeness (QED) is 0.634. The minimum absolute atomic E-state index is 0.143. The number of ether oxygens (including phenoxy) is 2. The van der Waals surface area contributed by atoms with Crippen LogP contribution in [0.25, 0.3) is 11.3 Å². The van der Waals surface area contributed by atoms with Crippen LogP contribution in [-0.2, 0) is 14.3 Å². The van der Waals surface area contributed by atoms with Crippen molar-refractivity contribution in [2.45, 2.75) is 56.8 Å². The number of carbonyl (C=O) groups excluding carboxylic acids is 1. The molecule has 1 fully saturated rings. The first-order chi connectivity index (χ1) is 16.2. The highest BCUT2D eigenvalue weighted by Crippen LogP contribution is 2.43. The summed E-state index contributed by atoms with van der Waals surface area (Å²) in [7, 11) is 1.43. The highest BCUT2D eigenvalue weighted by Gasteiger charge is 2.34. The van der Waals surface area contributed by atoms with E-state index in [0.29, 0.717) is 19.4 Å². The molecule has 33 heavy (non-hydrogen) atoms. The number of aliphatic hydroxyl groups is 1. The van der Waals surface area contributed by atoms with Crippen LogP contribution in [0, 0.1) is 11.8 Å². The molecule has 1 aromatic heterocycles. The maximum Gasteiger partial charge on any atom is 0.313 e. The third-order valence-corrected chi connectivity index (χ3v) is 7.56. The fraction of sp³-hybridized carbons (Fsp3) is 0.481. The molecule has 0 radical (unpaired) electrons. The van der Waals surface area contributed by atoms with E-state index in [1.165, 1.54) is 18.2 Å². The van der Waals surface area contributed by atoms with Gasteiger partial charge in [-0.15, -0.1) is 0 Å². The zero-order valence-electron chi connectivity index (χ0n) is 19.1. The van der Waals surface area contributed by atoms with Crippen molar-refractivity contribution in [3.05, 3.63) is 66.2 Å². The van der Waals surface area contributed by atoms with Gasteiger partial charge >= 0.3 is 5.97 Å². The summed E-state index contributed by atoms with van der Waals surface area (Å²) >= 11 is 0. The van der Waals surface area contributed by atoms with Gasteiger partial charge in [-0.1, -0.05) is 42.5 Å². The maximum atomic E-state index is 12.0. The number of benzene rings is 1.